The van der Waals surface area contributed by atoms with Crippen LogP contribution in [0.5, 0.6) is 11.6 Å². The van der Waals surface area contributed by atoms with Gasteiger partial charge in [0.25, 0.3) is 0 Å². The number of benzene rings is 1. The number of hydrogen-bond acceptors (Lipinski definition) is 4. The van der Waals surface area contributed by atoms with E-state index in [1.807, 2.05) is 12.1 Å². The van der Waals surface area contributed by atoms with E-state index in [1.165, 1.54) is 6.07 Å². The highest BCUT2D eigenvalue weighted by Gasteiger charge is 2.24. The Balaban J connectivity index is 1.86. The fourth-order valence-corrected chi connectivity index (χ4v) is 2.57. The van der Waals surface area contributed by atoms with Crippen molar-refractivity contribution in [3.63, 3.8) is 0 Å². The Bertz CT molecular complexity index is 643. The number of hydrogen-bond donors (Lipinski definition) is 1. The molecule has 1 aromatic heterocycles. The fraction of sp³-hybridized carbons (Fsp3) is 0.312. The van der Waals surface area contributed by atoms with E-state index >= 15 is 0 Å². The molecule has 5 heteroatoms. The van der Waals surface area contributed by atoms with Gasteiger partial charge in [0, 0.05) is 24.4 Å². The molecule has 1 aromatic carbocycles. The van der Waals surface area contributed by atoms with Gasteiger partial charge in [0.05, 0.1) is 7.11 Å². The second-order valence-electron chi connectivity index (χ2n) is 5.05. The van der Waals surface area contributed by atoms with E-state index in [4.69, 9.17) is 15.2 Å². The second kappa shape index (κ2) is 5.69. The van der Waals surface area contributed by atoms with Crippen LogP contribution in [-0.2, 0) is 13.0 Å². The molecule has 0 amide bonds. The first-order valence-electron chi connectivity index (χ1n) is 6.89. The Hall–Kier alpha value is -2.14. The lowest BCUT2D eigenvalue weighted by Crippen LogP contribution is -2.17. The molecule has 1 atom stereocenters. The number of aromatic nitrogens is 1. The number of nitrogens with two attached hydrogens (primary N) is 1. The molecule has 21 heavy (non-hydrogen) atoms. The molecule has 2 N–H and O–H groups in total. The summed E-state index contributed by atoms with van der Waals surface area (Å²) >= 11 is 0. The van der Waals surface area contributed by atoms with Crippen molar-refractivity contribution in [1.82, 2.24) is 4.98 Å². The first kappa shape index (κ1) is 13.8. The summed E-state index contributed by atoms with van der Waals surface area (Å²) in [5, 5.41) is 0. The molecule has 0 spiro atoms. The molecule has 2 heterocycles. The van der Waals surface area contributed by atoms with Crippen LogP contribution in [-0.4, -0.2) is 12.1 Å². The zero-order chi connectivity index (χ0) is 14.8. The smallest absolute Gasteiger partial charge is 0.212 e. The predicted octanol–water partition coefficient (Wildman–Crippen LogP) is 2.75. The molecule has 0 aliphatic carbocycles. The van der Waals surface area contributed by atoms with Gasteiger partial charge in [-0.25, -0.2) is 9.37 Å². The monoisotopic (exact) mass is 288 g/mol. The zero-order valence-electron chi connectivity index (χ0n) is 11.8. The molecule has 1 unspecified atom stereocenters. The minimum Gasteiger partial charge on any atom is -0.482 e. The molecule has 1 aliphatic heterocycles. The molecule has 4 nitrogen and oxygen atoms in total. The van der Waals surface area contributed by atoms with Crippen molar-refractivity contribution in [2.24, 2.45) is 5.73 Å². The van der Waals surface area contributed by atoms with Crippen molar-refractivity contribution < 1.29 is 13.9 Å². The summed E-state index contributed by atoms with van der Waals surface area (Å²) in [4.78, 5) is 4.17. The third-order valence-corrected chi connectivity index (χ3v) is 3.69. The van der Waals surface area contributed by atoms with Gasteiger partial charge in [-0.15, -0.1) is 0 Å². The number of nitrogens with zero attached hydrogens (tertiary/aromatic N) is 1. The fourth-order valence-electron chi connectivity index (χ4n) is 2.57. The van der Waals surface area contributed by atoms with Gasteiger partial charge < -0.3 is 15.2 Å². The van der Waals surface area contributed by atoms with Crippen molar-refractivity contribution in [1.29, 1.82) is 0 Å². The average Bonchev–Trinajstić information content (AvgIpc) is 2.54. The van der Waals surface area contributed by atoms with Crippen LogP contribution in [0.4, 0.5) is 4.39 Å². The SMILES string of the molecule is COc1ccc(C2CCc3cc(CN)cc(F)c3O2)cn1. The van der Waals surface area contributed by atoms with E-state index in [-0.39, 0.29) is 11.9 Å². The molecule has 0 saturated carbocycles. The summed E-state index contributed by atoms with van der Waals surface area (Å²) in [6.07, 6.45) is 3.07. The molecule has 110 valence electrons. The lowest BCUT2D eigenvalue weighted by molar-refractivity contribution is 0.167. The number of aryl methyl sites for hydroxylation is 1. The number of fused-ring (bicyclic) bond motifs is 1. The summed E-state index contributed by atoms with van der Waals surface area (Å²) in [6.45, 7) is 0.329. The van der Waals surface area contributed by atoms with E-state index < -0.39 is 0 Å². The number of halogens is 1. The Morgan fingerprint density at radius 3 is 2.95 bits per heavy atom. The van der Waals surface area contributed by atoms with Crippen LogP contribution in [0.15, 0.2) is 30.5 Å². The van der Waals surface area contributed by atoms with Gasteiger partial charge in [0.1, 0.15) is 6.10 Å². The van der Waals surface area contributed by atoms with E-state index in [9.17, 15) is 4.39 Å². The Kier molecular flexibility index (Phi) is 3.75. The molecule has 3 rings (SSSR count). The van der Waals surface area contributed by atoms with Crippen molar-refractivity contribution in [3.05, 3.63) is 53.0 Å². The molecular weight excluding hydrogens is 271 g/mol. The lowest BCUT2D eigenvalue weighted by atomic mass is 9.96. The maximum atomic E-state index is 14.1. The van der Waals surface area contributed by atoms with Crippen molar-refractivity contribution in [2.45, 2.75) is 25.5 Å². The lowest BCUT2D eigenvalue weighted by Gasteiger charge is -2.27. The number of ether oxygens (including phenoxy) is 2. The van der Waals surface area contributed by atoms with Crippen LogP contribution in [0.2, 0.25) is 0 Å². The van der Waals surface area contributed by atoms with Crippen LogP contribution in [0.1, 0.15) is 29.2 Å². The van der Waals surface area contributed by atoms with Crippen LogP contribution in [0, 0.1) is 5.82 Å². The third-order valence-electron chi connectivity index (χ3n) is 3.69. The summed E-state index contributed by atoms with van der Waals surface area (Å²) in [6, 6.07) is 7.03. The third kappa shape index (κ3) is 2.69. The predicted molar refractivity (Wildman–Crippen MR) is 76.8 cm³/mol. The molecule has 0 saturated heterocycles. The van der Waals surface area contributed by atoms with E-state index in [2.05, 4.69) is 4.98 Å². The number of pyridine rings is 1. The molecular formula is C16H17FN2O2. The zero-order valence-corrected chi connectivity index (χ0v) is 11.8. The van der Waals surface area contributed by atoms with E-state index in [0.717, 1.165) is 29.5 Å². The van der Waals surface area contributed by atoms with Crippen molar-refractivity contribution in [2.75, 3.05) is 7.11 Å². The van der Waals surface area contributed by atoms with Gasteiger partial charge in [-0.1, -0.05) is 6.07 Å². The van der Waals surface area contributed by atoms with Gasteiger partial charge >= 0.3 is 0 Å². The number of methoxy groups -OCH3 is 1. The molecule has 0 radical (unpaired) electrons. The molecule has 2 aromatic rings. The average molecular weight is 288 g/mol. The molecule has 1 aliphatic rings. The van der Waals surface area contributed by atoms with E-state index in [0.29, 0.717) is 18.2 Å². The molecule has 0 bridgehead atoms. The summed E-state index contributed by atoms with van der Waals surface area (Å²) in [5.74, 6) is 0.534. The summed E-state index contributed by atoms with van der Waals surface area (Å²) in [7, 11) is 1.57. The van der Waals surface area contributed by atoms with Crippen molar-refractivity contribution in [3.8, 4) is 11.6 Å². The minimum atomic E-state index is -0.348. The largest absolute Gasteiger partial charge is 0.482 e. The number of rotatable bonds is 3. The van der Waals surface area contributed by atoms with Crippen LogP contribution in [0.25, 0.3) is 0 Å². The highest BCUT2D eigenvalue weighted by molar-refractivity contribution is 5.41. The maximum absolute atomic E-state index is 14.1. The van der Waals surface area contributed by atoms with Gasteiger partial charge in [-0.05, 0) is 36.1 Å². The Morgan fingerprint density at radius 2 is 2.29 bits per heavy atom. The summed E-state index contributed by atoms with van der Waals surface area (Å²) < 4.78 is 25.0. The second-order valence-corrected chi connectivity index (χ2v) is 5.05. The molecule has 0 fully saturated rings. The highest BCUT2D eigenvalue weighted by Crippen LogP contribution is 2.37. The topological polar surface area (TPSA) is 57.4 Å². The van der Waals surface area contributed by atoms with Crippen LogP contribution < -0.4 is 15.2 Å². The van der Waals surface area contributed by atoms with Gasteiger partial charge in [0.15, 0.2) is 11.6 Å². The Labute approximate surface area is 122 Å². The highest BCUT2D eigenvalue weighted by atomic mass is 19.1. The van der Waals surface area contributed by atoms with E-state index in [1.54, 1.807) is 19.4 Å². The quantitative estimate of drug-likeness (QED) is 0.943. The maximum Gasteiger partial charge on any atom is 0.212 e. The van der Waals surface area contributed by atoms with Gasteiger partial charge in [-0.3, -0.25) is 0 Å². The van der Waals surface area contributed by atoms with Crippen molar-refractivity contribution >= 4 is 0 Å². The van der Waals surface area contributed by atoms with Gasteiger partial charge in [-0.2, -0.15) is 0 Å². The summed E-state index contributed by atoms with van der Waals surface area (Å²) in [5.41, 5.74) is 8.16. The van der Waals surface area contributed by atoms with Crippen LogP contribution >= 0.6 is 0 Å². The standard InChI is InChI=1S/C16H17FN2O2/c1-20-15-5-3-12(9-19-15)14-4-2-11-6-10(8-18)7-13(17)16(11)21-14/h3,5-7,9,14H,2,4,8,18H2,1H3. The van der Waals surface area contributed by atoms with Gasteiger partial charge in [0.2, 0.25) is 5.88 Å². The minimum absolute atomic E-state index is 0.186. The Morgan fingerprint density at radius 1 is 1.43 bits per heavy atom. The van der Waals surface area contributed by atoms with Crippen LogP contribution in [0.3, 0.4) is 0 Å². The first-order chi connectivity index (χ1) is 10.2. The normalized spacial score (nSPS) is 17.0. The first-order valence-corrected chi connectivity index (χ1v) is 6.89.